The molecule has 0 bridgehead atoms. The van der Waals surface area contributed by atoms with Gasteiger partial charge in [-0.05, 0) is 50.1 Å². The lowest BCUT2D eigenvalue weighted by Gasteiger charge is -2.40. The van der Waals surface area contributed by atoms with Crippen LogP contribution in [0.25, 0.3) is 10.8 Å². The highest BCUT2D eigenvalue weighted by molar-refractivity contribution is 6.04. The third-order valence-electron chi connectivity index (χ3n) is 5.22. The van der Waals surface area contributed by atoms with Gasteiger partial charge >= 0.3 is 0 Å². The van der Waals surface area contributed by atoms with Gasteiger partial charge in [-0.25, -0.2) is 0 Å². The monoisotopic (exact) mass is 308 g/mol. The van der Waals surface area contributed by atoms with E-state index in [1.54, 1.807) is 0 Å². The fourth-order valence-electron chi connectivity index (χ4n) is 3.84. The van der Waals surface area contributed by atoms with Gasteiger partial charge in [0.15, 0.2) is 5.60 Å². The molecule has 0 amide bonds. The van der Waals surface area contributed by atoms with Crippen molar-refractivity contribution in [1.29, 1.82) is 0 Å². The molecule has 1 fully saturated rings. The molecule has 1 atom stereocenters. The van der Waals surface area contributed by atoms with Crippen LogP contribution in [0, 0.1) is 0 Å². The minimum absolute atomic E-state index is 0.108. The summed E-state index contributed by atoms with van der Waals surface area (Å²) in [5, 5.41) is 7.01. The Bertz CT molecular complexity index is 752. The van der Waals surface area contributed by atoms with Crippen LogP contribution in [-0.4, -0.2) is 35.3 Å². The maximum absolute atomic E-state index is 5.99. The van der Waals surface area contributed by atoms with Crippen molar-refractivity contribution in [3.63, 3.8) is 0 Å². The number of hydrogen-bond acceptors (Lipinski definition) is 3. The number of piperidine rings is 1. The second kappa shape index (κ2) is 5.64. The first-order valence-electron chi connectivity index (χ1n) is 8.64. The molecule has 0 aliphatic carbocycles. The Balaban J connectivity index is 1.57. The quantitative estimate of drug-likeness (QED) is 0.830. The summed E-state index contributed by atoms with van der Waals surface area (Å²) >= 11 is 0. The second-order valence-electron chi connectivity index (χ2n) is 7.22. The SMILES string of the molecule is CC(C)N1CCCC2(CC(c3ccc4ccccc4c3)=NO2)C1. The van der Waals surface area contributed by atoms with Gasteiger partial charge in [0.25, 0.3) is 0 Å². The molecule has 0 N–H and O–H groups in total. The molecule has 2 heterocycles. The van der Waals surface area contributed by atoms with E-state index in [0.717, 1.165) is 25.1 Å². The van der Waals surface area contributed by atoms with E-state index in [4.69, 9.17) is 4.84 Å². The molecule has 0 aromatic heterocycles. The summed E-state index contributed by atoms with van der Waals surface area (Å²) < 4.78 is 0. The van der Waals surface area contributed by atoms with Gasteiger partial charge in [0.1, 0.15) is 0 Å². The molecular weight excluding hydrogens is 284 g/mol. The Labute approximate surface area is 137 Å². The van der Waals surface area contributed by atoms with Gasteiger partial charge in [-0.3, -0.25) is 4.90 Å². The zero-order valence-electron chi connectivity index (χ0n) is 14.0. The third kappa shape index (κ3) is 2.74. The van der Waals surface area contributed by atoms with Crippen LogP contribution in [0.15, 0.2) is 47.6 Å². The van der Waals surface area contributed by atoms with Gasteiger partial charge in [0.05, 0.1) is 5.71 Å². The smallest absolute Gasteiger partial charge is 0.156 e. The van der Waals surface area contributed by atoms with Crippen LogP contribution in [0.3, 0.4) is 0 Å². The van der Waals surface area contributed by atoms with E-state index < -0.39 is 0 Å². The van der Waals surface area contributed by atoms with Gasteiger partial charge in [-0.1, -0.05) is 41.6 Å². The van der Waals surface area contributed by atoms with Crippen molar-refractivity contribution >= 4 is 16.5 Å². The minimum atomic E-state index is -0.108. The lowest BCUT2D eigenvalue weighted by Crippen LogP contribution is -2.50. The molecule has 1 unspecified atom stereocenters. The molecule has 2 aromatic rings. The first-order valence-corrected chi connectivity index (χ1v) is 8.64. The Morgan fingerprint density at radius 2 is 1.96 bits per heavy atom. The summed E-state index contributed by atoms with van der Waals surface area (Å²) in [6, 6.07) is 15.6. The van der Waals surface area contributed by atoms with Crippen molar-refractivity contribution < 1.29 is 4.84 Å². The first kappa shape index (κ1) is 14.7. The summed E-state index contributed by atoms with van der Waals surface area (Å²) in [7, 11) is 0. The lowest BCUT2D eigenvalue weighted by molar-refractivity contribution is -0.0748. The van der Waals surface area contributed by atoms with Crippen molar-refractivity contribution in [3.05, 3.63) is 48.0 Å². The van der Waals surface area contributed by atoms with E-state index in [2.05, 4.69) is 66.4 Å². The Morgan fingerprint density at radius 3 is 2.78 bits per heavy atom. The van der Waals surface area contributed by atoms with Gasteiger partial charge in [-0.2, -0.15) is 0 Å². The molecule has 0 saturated carbocycles. The van der Waals surface area contributed by atoms with E-state index in [0.29, 0.717) is 6.04 Å². The number of rotatable bonds is 2. The van der Waals surface area contributed by atoms with Gasteiger partial charge in [0, 0.05) is 24.6 Å². The molecule has 3 nitrogen and oxygen atoms in total. The van der Waals surface area contributed by atoms with Gasteiger partial charge in [-0.15, -0.1) is 0 Å². The molecule has 1 spiro atoms. The molecule has 0 radical (unpaired) electrons. The molecule has 2 aliphatic rings. The minimum Gasteiger partial charge on any atom is -0.387 e. The third-order valence-corrected chi connectivity index (χ3v) is 5.22. The topological polar surface area (TPSA) is 24.8 Å². The van der Waals surface area contributed by atoms with E-state index in [-0.39, 0.29) is 5.60 Å². The Kier molecular flexibility index (Phi) is 3.61. The van der Waals surface area contributed by atoms with E-state index in [1.807, 2.05) is 0 Å². The number of benzene rings is 2. The number of oxime groups is 1. The zero-order valence-corrected chi connectivity index (χ0v) is 14.0. The Morgan fingerprint density at radius 1 is 1.13 bits per heavy atom. The standard InChI is InChI=1S/C20H24N2O/c1-15(2)22-11-5-10-20(14-22)13-19(21-23-20)18-9-8-16-6-3-4-7-17(16)12-18/h3-4,6-9,12,15H,5,10-11,13-14H2,1-2H3. The van der Waals surface area contributed by atoms with Crippen LogP contribution in [0.4, 0.5) is 0 Å². The van der Waals surface area contributed by atoms with Crippen LogP contribution >= 0.6 is 0 Å². The molecule has 23 heavy (non-hydrogen) atoms. The summed E-state index contributed by atoms with van der Waals surface area (Å²) in [6.07, 6.45) is 3.23. The van der Waals surface area contributed by atoms with Crippen LogP contribution in [0.2, 0.25) is 0 Å². The summed E-state index contributed by atoms with van der Waals surface area (Å²) in [5.74, 6) is 0. The first-order chi connectivity index (χ1) is 11.2. The van der Waals surface area contributed by atoms with Crippen molar-refractivity contribution in [2.45, 2.75) is 44.8 Å². The summed E-state index contributed by atoms with van der Waals surface area (Å²) in [4.78, 5) is 8.50. The Hall–Kier alpha value is -1.87. The normalized spacial score (nSPS) is 25.1. The summed E-state index contributed by atoms with van der Waals surface area (Å²) in [5.41, 5.74) is 2.19. The van der Waals surface area contributed by atoms with E-state index in [9.17, 15) is 0 Å². The number of hydrogen-bond donors (Lipinski definition) is 0. The zero-order chi connectivity index (χ0) is 15.9. The highest BCUT2D eigenvalue weighted by Gasteiger charge is 2.43. The number of likely N-dealkylation sites (tertiary alicyclic amines) is 1. The lowest BCUT2D eigenvalue weighted by atomic mass is 9.86. The van der Waals surface area contributed by atoms with E-state index in [1.165, 1.54) is 29.3 Å². The molecule has 120 valence electrons. The number of nitrogens with zero attached hydrogens (tertiary/aromatic N) is 2. The molecule has 1 saturated heterocycles. The van der Waals surface area contributed by atoms with Crippen LogP contribution in [0.1, 0.15) is 38.7 Å². The second-order valence-corrected chi connectivity index (χ2v) is 7.22. The van der Waals surface area contributed by atoms with Crippen molar-refractivity contribution in [2.75, 3.05) is 13.1 Å². The fourth-order valence-corrected chi connectivity index (χ4v) is 3.84. The molecule has 4 rings (SSSR count). The van der Waals surface area contributed by atoms with Crippen LogP contribution in [-0.2, 0) is 4.84 Å². The maximum atomic E-state index is 5.99. The van der Waals surface area contributed by atoms with Gasteiger partial charge < -0.3 is 4.84 Å². The molecule has 2 aliphatic heterocycles. The molecular formula is C20H24N2O. The van der Waals surface area contributed by atoms with Crippen LogP contribution < -0.4 is 0 Å². The fraction of sp³-hybridized carbons (Fsp3) is 0.450. The maximum Gasteiger partial charge on any atom is 0.156 e. The average molecular weight is 308 g/mol. The van der Waals surface area contributed by atoms with Crippen LogP contribution in [0.5, 0.6) is 0 Å². The van der Waals surface area contributed by atoms with Crippen molar-refractivity contribution in [3.8, 4) is 0 Å². The highest BCUT2D eigenvalue weighted by atomic mass is 16.7. The largest absolute Gasteiger partial charge is 0.387 e. The predicted octanol–water partition coefficient (Wildman–Crippen LogP) is 4.21. The predicted molar refractivity (Wildman–Crippen MR) is 94.9 cm³/mol. The molecule has 3 heteroatoms. The number of fused-ring (bicyclic) bond motifs is 1. The molecule has 2 aromatic carbocycles. The average Bonchev–Trinajstić information content (AvgIpc) is 2.98. The van der Waals surface area contributed by atoms with Gasteiger partial charge in [0.2, 0.25) is 0 Å². The highest BCUT2D eigenvalue weighted by Crippen LogP contribution is 2.35. The van der Waals surface area contributed by atoms with Crippen molar-refractivity contribution in [1.82, 2.24) is 4.90 Å². The van der Waals surface area contributed by atoms with Crippen molar-refractivity contribution in [2.24, 2.45) is 5.16 Å². The van der Waals surface area contributed by atoms with E-state index >= 15 is 0 Å². The summed E-state index contributed by atoms with van der Waals surface area (Å²) in [6.45, 7) is 6.69.